The van der Waals surface area contributed by atoms with Gasteiger partial charge in [-0.25, -0.2) is 9.67 Å². The number of hydrogen-bond acceptors (Lipinski definition) is 4. The summed E-state index contributed by atoms with van der Waals surface area (Å²) < 4.78 is 41.4. The fraction of sp³-hybridized carbons (Fsp3) is 0.417. The second-order valence-electron chi connectivity index (χ2n) is 8.86. The minimum Gasteiger partial charge on any atom is -0.354 e. The summed E-state index contributed by atoms with van der Waals surface area (Å²) in [6.45, 7) is 4.18. The van der Waals surface area contributed by atoms with Crippen LogP contribution in [0.15, 0.2) is 36.5 Å². The van der Waals surface area contributed by atoms with E-state index in [2.05, 4.69) is 25.7 Å². The van der Waals surface area contributed by atoms with Gasteiger partial charge in [-0.1, -0.05) is 32.0 Å². The summed E-state index contributed by atoms with van der Waals surface area (Å²) in [5, 5.41) is 8.78. The maximum absolute atomic E-state index is 13.5. The maximum Gasteiger partial charge on any atom is 0.435 e. The SMILES string of the molecule is CC(C)c1nc2c([nH]1)CC(C(=O)NCCNC(=O)c1cn(-c3ccccc3)nc1C(F)(F)F)CC2. The van der Waals surface area contributed by atoms with E-state index in [-0.39, 0.29) is 30.8 Å². The molecule has 1 unspecified atom stereocenters. The molecule has 0 spiro atoms. The first-order valence-electron chi connectivity index (χ1n) is 11.5. The molecular weight excluding hydrogens is 461 g/mol. The van der Waals surface area contributed by atoms with Crippen molar-refractivity contribution in [2.45, 2.75) is 45.2 Å². The molecule has 2 aromatic heterocycles. The number of carbonyl (C=O) groups excluding carboxylic acids is 2. The third-order valence-electron chi connectivity index (χ3n) is 5.94. The highest BCUT2D eigenvalue weighted by molar-refractivity contribution is 5.95. The summed E-state index contributed by atoms with van der Waals surface area (Å²) in [4.78, 5) is 33.0. The number of nitrogens with zero attached hydrogens (tertiary/aromatic N) is 3. The smallest absolute Gasteiger partial charge is 0.354 e. The van der Waals surface area contributed by atoms with Crippen LogP contribution < -0.4 is 10.6 Å². The molecule has 186 valence electrons. The van der Waals surface area contributed by atoms with Crippen LogP contribution in [0.3, 0.4) is 0 Å². The number of para-hydroxylation sites is 1. The van der Waals surface area contributed by atoms with Crippen molar-refractivity contribution in [2.75, 3.05) is 13.1 Å². The van der Waals surface area contributed by atoms with Crippen molar-refractivity contribution < 1.29 is 22.8 Å². The van der Waals surface area contributed by atoms with E-state index in [4.69, 9.17) is 0 Å². The molecule has 0 radical (unpaired) electrons. The third-order valence-corrected chi connectivity index (χ3v) is 5.94. The fourth-order valence-electron chi connectivity index (χ4n) is 4.06. The van der Waals surface area contributed by atoms with E-state index in [1.165, 1.54) is 0 Å². The van der Waals surface area contributed by atoms with E-state index >= 15 is 0 Å². The average Bonchev–Trinajstić information content (AvgIpc) is 3.47. The summed E-state index contributed by atoms with van der Waals surface area (Å²) in [6.07, 6.45) is -1.80. The molecule has 2 heterocycles. The molecule has 8 nitrogen and oxygen atoms in total. The highest BCUT2D eigenvalue weighted by atomic mass is 19.4. The third kappa shape index (κ3) is 5.55. The summed E-state index contributed by atoms with van der Waals surface area (Å²) in [7, 11) is 0. The quantitative estimate of drug-likeness (QED) is 0.444. The van der Waals surface area contributed by atoms with Crippen LogP contribution in [0.25, 0.3) is 5.69 Å². The first-order chi connectivity index (χ1) is 16.6. The normalized spacial score (nSPS) is 15.7. The van der Waals surface area contributed by atoms with Gasteiger partial charge in [0, 0.05) is 43.2 Å². The van der Waals surface area contributed by atoms with E-state index in [0.717, 1.165) is 28.1 Å². The zero-order valence-electron chi connectivity index (χ0n) is 19.4. The van der Waals surface area contributed by atoms with Crippen LogP contribution in [-0.2, 0) is 23.8 Å². The number of alkyl halides is 3. The topological polar surface area (TPSA) is 105 Å². The van der Waals surface area contributed by atoms with Crippen LogP contribution in [0, 0.1) is 5.92 Å². The predicted molar refractivity (Wildman–Crippen MR) is 122 cm³/mol. The number of carbonyl (C=O) groups is 2. The Balaban J connectivity index is 1.32. The monoisotopic (exact) mass is 488 g/mol. The van der Waals surface area contributed by atoms with Crippen LogP contribution in [0.5, 0.6) is 0 Å². The van der Waals surface area contributed by atoms with Gasteiger partial charge in [0.1, 0.15) is 5.82 Å². The van der Waals surface area contributed by atoms with Crippen molar-refractivity contribution in [3.8, 4) is 5.69 Å². The Morgan fingerprint density at radius 2 is 1.89 bits per heavy atom. The fourth-order valence-corrected chi connectivity index (χ4v) is 4.06. The minimum atomic E-state index is -4.79. The summed E-state index contributed by atoms with van der Waals surface area (Å²) >= 11 is 0. The molecule has 0 saturated heterocycles. The molecule has 1 atom stereocenters. The Hall–Kier alpha value is -3.63. The number of hydrogen-bond donors (Lipinski definition) is 3. The number of aryl methyl sites for hydroxylation is 1. The predicted octanol–water partition coefficient (Wildman–Crippen LogP) is 3.39. The van der Waals surface area contributed by atoms with Crippen molar-refractivity contribution in [3.05, 3.63) is 65.0 Å². The molecule has 0 fully saturated rings. The number of nitrogens with one attached hydrogen (secondary N) is 3. The van der Waals surface area contributed by atoms with E-state index in [1.807, 2.05) is 13.8 Å². The van der Waals surface area contributed by atoms with E-state index in [9.17, 15) is 22.8 Å². The van der Waals surface area contributed by atoms with Crippen molar-refractivity contribution in [3.63, 3.8) is 0 Å². The number of fused-ring (bicyclic) bond motifs is 1. The Morgan fingerprint density at radius 3 is 2.57 bits per heavy atom. The number of H-pyrrole nitrogens is 1. The molecule has 11 heteroatoms. The van der Waals surface area contributed by atoms with Crippen LogP contribution in [0.2, 0.25) is 0 Å². The van der Waals surface area contributed by atoms with Gasteiger partial charge in [0.15, 0.2) is 5.69 Å². The van der Waals surface area contributed by atoms with Gasteiger partial charge < -0.3 is 15.6 Å². The number of aromatic nitrogens is 4. The number of aromatic amines is 1. The molecule has 0 aliphatic heterocycles. The van der Waals surface area contributed by atoms with Crippen LogP contribution >= 0.6 is 0 Å². The molecule has 3 aromatic rings. The summed E-state index contributed by atoms with van der Waals surface area (Å²) in [5.41, 5.74) is 0.539. The van der Waals surface area contributed by atoms with Crippen molar-refractivity contribution in [1.29, 1.82) is 0 Å². The Labute approximate surface area is 200 Å². The molecular formula is C24H27F3N6O2. The Morgan fingerprint density at radius 1 is 1.17 bits per heavy atom. The number of imidazole rings is 1. The van der Waals surface area contributed by atoms with Gasteiger partial charge in [-0.15, -0.1) is 0 Å². The lowest BCUT2D eigenvalue weighted by molar-refractivity contribution is -0.141. The average molecular weight is 489 g/mol. The second-order valence-corrected chi connectivity index (χ2v) is 8.86. The van der Waals surface area contributed by atoms with Gasteiger partial charge in [0.2, 0.25) is 5.91 Å². The Bertz CT molecular complexity index is 1200. The molecule has 2 amide bonds. The number of amides is 2. The van der Waals surface area contributed by atoms with Crippen LogP contribution in [0.4, 0.5) is 13.2 Å². The van der Waals surface area contributed by atoms with Gasteiger partial charge in [0.25, 0.3) is 5.91 Å². The van der Waals surface area contributed by atoms with Crippen molar-refractivity contribution in [1.82, 2.24) is 30.4 Å². The van der Waals surface area contributed by atoms with Crippen molar-refractivity contribution in [2.24, 2.45) is 5.92 Å². The van der Waals surface area contributed by atoms with Gasteiger partial charge in [0.05, 0.1) is 16.9 Å². The Kier molecular flexibility index (Phi) is 6.95. The number of benzene rings is 1. The van der Waals surface area contributed by atoms with Gasteiger partial charge in [-0.05, 0) is 25.0 Å². The lowest BCUT2D eigenvalue weighted by Crippen LogP contribution is -2.39. The minimum absolute atomic E-state index is 0.0160. The first kappa shape index (κ1) is 24.5. The zero-order chi connectivity index (χ0) is 25.2. The lowest BCUT2D eigenvalue weighted by atomic mass is 9.89. The molecule has 1 aliphatic rings. The molecule has 0 bridgehead atoms. The van der Waals surface area contributed by atoms with Crippen LogP contribution in [-0.4, -0.2) is 44.7 Å². The lowest BCUT2D eigenvalue weighted by Gasteiger charge is -2.20. The van der Waals surface area contributed by atoms with E-state index in [1.54, 1.807) is 30.3 Å². The summed E-state index contributed by atoms with van der Waals surface area (Å²) in [6, 6.07) is 8.23. The zero-order valence-corrected chi connectivity index (χ0v) is 19.4. The van der Waals surface area contributed by atoms with E-state index < -0.39 is 23.3 Å². The highest BCUT2D eigenvalue weighted by Crippen LogP contribution is 2.31. The van der Waals surface area contributed by atoms with Gasteiger partial charge >= 0.3 is 6.18 Å². The van der Waals surface area contributed by atoms with E-state index in [0.29, 0.717) is 24.9 Å². The number of rotatable bonds is 7. The molecule has 1 aliphatic carbocycles. The molecule has 0 saturated carbocycles. The standard InChI is InChI=1S/C24H27F3N6O2/c1-14(2)21-30-18-9-8-15(12-19(18)31-21)22(34)28-10-11-29-23(35)17-13-33(16-6-4-3-5-7-16)32-20(17)24(25,26)27/h3-7,13-15H,8-12H2,1-2H3,(H,28,34)(H,29,35)(H,30,31). The number of halogens is 3. The molecule has 4 rings (SSSR count). The van der Waals surface area contributed by atoms with Gasteiger partial charge in [-0.2, -0.15) is 18.3 Å². The maximum atomic E-state index is 13.5. The van der Waals surface area contributed by atoms with Crippen molar-refractivity contribution >= 4 is 11.8 Å². The molecule has 35 heavy (non-hydrogen) atoms. The largest absolute Gasteiger partial charge is 0.435 e. The molecule has 1 aromatic carbocycles. The van der Waals surface area contributed by atoms with Gasteiger partial charge in [-0.3, -0.25) is 9.59 Å². The second kappa shape index (κ2) is 9.93. The first-order valence-corrected chi connectivity index (χ1v) is 11.5. The summed E-state index contributed by atoms with van der Waals surface area (Å²) in [5.74, 6) is -0.102. The highest BCUT2D eigenvalue weighted by Gasteiger charge is 2.39. The molecule has 3 N–H and O–H groups in total. The van der Waals surface area contributed by atoms with Crippen LogP contribution in [0.1, 0.15) is 59.5 Å².